The molecule has 0 aromatic heterocycles. The van der Waals surface area contributed by atoms with E-state index in [9.17, 15) is 4.79 Å². The molecule has 1 heterocycles. The quantitative estimate of drug-likeness (QED) is 0.319. The topological polar surface area (TPSA) is 106 Å². The minimum atomic E-state index is -0.569. The molecule has 0 radical (unpaired) electrons. The Hall–Kier alpha value is -2.12. The molecule has 0 aliphatic carbocycles. The van der Waals surface area contributed by atoms with Crippen molar-refractivity contribution in [2.45, 2.75) is 12.5 Å². The second-order valence-corrected chi connectivity index (χ2v) is 4.39. The molecular weight excluding hydrogens is 262 g/mol. The molecule has 1 unspecified atom stereocenters. The molecule has 1 aliphatic rings. The number of rotatable bonds is 4. The predicted octanol–water partition coefficient (Wildman–Crippen LogP) is 0.329. The lowest BCUT2D eigenvalue weighted by Crippen LogP contribution is -2.39. The van der Waals surface area contributed by atoms with E-state index >= 15 is 0 Å². The van der Waals surface area contributed by atoms with Crippen LogP contribution in [0.5, 0.6) is 0 Å². The third kappa shape index (κ3) is 3.94. The number of anilines is 1. The predicted molar refractivity (Wildman–Crippen MR) is 72.7 cm³/mol. The van der Waals surface area contributed by atoms with E-state index in [2.05, 4.69) is 10.5 Å². The van der Waals surface area contributed by atoms with Crippen molar-refractivity contribution in [3.05, 3.63) is 29.8 Å². The van der Waals surface area contributed by atoms with Crippen molar-refractivity contribution in [2.24, 2.45) is 10.9 Å². The van der Waals surface area contributed by atoms with Crippen molar-refractivity contribution >= 4 is 17.4 Å². The summed E-state index contributed by atoms with van der Waals surface area (Å²) in [5.41, 5.74) is 6.97. The lowest BCUT2D eigenvalue weighted by atomic mass is 10.1. The van der Waals surface area contributed by atoms with Gasteiger partial charge in [0.15, 0.2) is 6.10 Å². The van der Waals surface area contributed by atoms with Gasteiger partial charge in [-0.2, -0.15) is 0 Å². The Labute approximate surface area is 116 Å². The fourth-order valence-corrected chi connectivity index (χ4v) is 1.81. The van der Waals surface area contributed by atoms with Gasteiger partial charge in [0.05, 0.1) is 19.8 Å². The van der Waals surface area contributed by atoms with Gasteiger partial charge in [0.1, 0.15) is 5.84 Å². The molecule has 1 atom stereocenters. The van der Waals surface area contributed by atoms with E-state index in [1.165, 1.54) is 0 Å². The van der Waals surface area contributed by atoms with Gasteiger partial charge in [-0.15, -0.1) is 0 Å². The highest BCUT2D eigenvalue weighted by Gasteiger charge is 2.22. The van der Waals surface area contributed by atoms with Crippen LogP contribution < -0.4 is 11.1 Å². The van der Waals surface area contributed by atoms with Crippen LogP contribution in [0, 0.1) is 0 Å². The normalized spacial score (nSPS) is 19.6. The highest BCUT2D eigenvalue weighted by atomic mass is 16.6. The summed E-state index contributed by atoms with van der Waals surface area (Å²) in [6.07, 6.45) is -0.217. The molecule has 108 valence electrons. The van der Waals surface area contributed by atoms with E-state index in [0.29, 0.717) is 25.3 Å². The van der Waals surface area contributed by atoms with Gasteiger partial charge in [-0.05, 0) is 17.7 Å². The molecule has 20 heavy (non-hydrogen) atoms. The number of hydrogen-bond acceptors (Lipinski definition) is 5. The molecule has 1 saturated heterocycles. The smallest absolute Gasteiger partial charge is 0.255 e. The number of oxime groups is 1. The van der Waals surface area contributed by atoms with E-state index in [0.717, 1.165) is 5.56 Å². The van der Waals surface area contributed by atoms with Gasteiger partial charge in [-0.3, -0.25) is 4.79 Å². The lowest BCUT2D eigenvalue weighted by molar-refractivity contribution is -0.142. The Balaban J connectivity index is 1.91. The van der Waals surface area contributed by atoms with Gasteiger partial charge in [-0.25, -0.2) is 0 Å². The summed E-state index contributed by atoms with van der Waals surface area (Å²) >= 11 is 0. The largest absolute Gasteiger partial charge is 0.409 e. The van der Waals surface area contributed by atoms with Crippen LogP contribution in [0.1, 0.15) is 5.56 Å². The number of hydrogen-bond donors (Lipinski definition) is 3. The van der Waals surface area contributed by atoms with Crippen LogP contribution in [-0.4, -0.2) is 42.9 Å². The first kappa shape index (κ1) is 14.3. The minimum absolute atomic E-state index is 0.134. The molecule has 1 fully saturated rings. The van der Waals surface area contributed by atoms with Crippen LogP contribution in [0.25, 0.3) is 0 Å². The van der Waals surface area contributed by atoms with Gasteiger partial charge in [-0.1, -0.05) is 17.3 Å². The zero-order valence-electron chi connectivity index (χ0n) is 10.9. The van der Waals surface area contributed by atoms with Crippen molar-refractivity contribution in [3.63, 3.8) is 0 Å². The van der Waals surface area contributed by atoms with Gasteiger partial charge < -0.3 is 25.7 Å². The lowest BCUT2D eigenvalue weighted by Gasteiger charge is -2.22. The monoisotopic (exact) mass is 279 g/mol. The Morgan fingerprint density at radius 1 is 1.40 bits per heavy atom. The fraction of sp³-hybridized carbons (Fsp3) is 0.385. The molecular formula is C13H17N3O4. The van der Waals surface area contributed by atoms with Crippen LogP contribution in [0.3, 0.4) is 0 Å². The van der Waals surface area contributed by atoms with Crippen LogP contribution in [0.4, 0.5) is 5.69 Å². The minimum Gasteiger partial charge on any atom is -0.409 e. The van der Waals surface area contributed by atoms with E-state index in [1.54, 1.807) is 24.3 Å². The number of nitrogens with two attached hydrogens (primary N) is 1. The maximum Gasteiger partial charge on any atom is 0.255 e. The molecule has 1 aromatic rings. The molecule has 7 nitrogen and oxygen atoms in total. The maximum atomic E-state index is 11.9. The Morgan fingerprint density at radius 3 is 2.75 bits per heavy atom. The van der Waals surface area contributed by atoms with Gasteiger partial charge in [0.25, 0.3) is 5.91 Å². The zero-order valence-corrected chi connectivity index (χ0v) is 10.9. The second-order valence-electron chi connectivity index (χ2n) is 4.39. The molecule has 4 N–H and O–H groups in total. The number of nitrogens with zero attached hydrogens (tertiary/aromatic N) is 1. The summed E-state index contributed by atoms with van der Waals surface area (Å²) in [6, 6.07) is 7.10. The number of ether oxygens (including phenoxy) is 2. The first-order chi connectivity index (χ1) is 9.69. The molecule has 1 aliphatic heterocycles. The van der Waals surface area contributed by atoms with E-state index in [4.69, 9.17) is 20.4 Å². The number of amides is 1. The van der Waals surface area contributed by atoms with Crippen molar-refractivity contribution < 1.29 is 19.5 Å². The van der Waals surface area contributed by atoms with Crippen molar-refractivity contribution in [2.75, 3.05) is 25.1 Å². The number of carbonyl (C=O) groups is 1. The van der Waals surface area contributed by atoms with E-state index in [-0.39, 0.29) is 18.3 Å². The van der Waals surface area contributed by atoms with Crippen LogP contribution in [0.2, 0.25) is 0 Å². The highest BCUT2D eigenvalue weighted by molar-refractivity contribution is 5.94. The van der Waals surface area contributed by atoms with Crippen molar-refractivity contribution in [3.8, 4) is 0 Å². The number of carbonyl (C=O) groups excluding carboxylic acids is 1. The SMILES string of the molecule is NC(Cc1ccc(NC(=O)C2COCCO2)cc1)=NO. The van der Waals surface area contributed by atoms with Crippen LogP contribution in [0.15, 0.2) is 29.4 Å². The molecule has 1 amide bonds. The van der Waals surface area contributed by atoms with Crippen LogP contribution in [-0.2, 0) is 20.7 Å². The maximum absolute atomic E-state index is 11.9. The summed E-state index contributed by atoms with van der Waals surface area (Å²) in [5, 5.41) is 14.2. The molecule has 1 aromatic carbocycles. The number of amidine groups is 1. The third-order valence-electron chi connectivity index (χ3n) is 2.84. The molecule has 0 spiro atoms. The van der Waals surface area contributed by atoms with E-state index < -0.39 is 6.10 Å². The molecule has 0 bridgehead atoms. The summed E-state index contributed by atoms with van der Waals surface area (Å²) in [5.74, 6) is -0.0941. The van der Waals surface area contributed by atoms with Crippen molar-refractivity contribution in [1.29, 1.82) is 0 Å². The van der Waals surface area contributed by atoms with Crippen molar-refractivity contribution in [1.82, 2.24) is 0 Å². The first-order valence-electron chi connectivity index (χ1n) is 6.24. The standard InChI is InChI=1S/C13H17N3O4/c14-12(16-18)7-9-1-3-10(4-2-9)15-13(17)11-8-19-5-6-20-11/h1-4,11,18H,5-8H2,(H2,14,16)(H,15,17). The summed E-state index contributed by atoms with van der Waals surface area (Å²) < 4.78 is 10.5. The third-order valence-corrected chi connectivity index (χ3v) is 2.84. The summed E-state index contributed by atoms with van der Waals surface area (Å²) in [6.45, 7) is 1.22. The highest BCUT2D eigenvalue weighted by Crippen LogP contribution is 2.12. The Kier molecular flexibility index (Phi) is 4.91. The molecule has 2 rings (SSSR count). The molecule has 7 heteroatoms. The number of benzene rings is 1. The zero-order chi connectivity index (χ0) is 14.4. The Bertz CT molecular complexity index is 481. The van der Waals surface area contributed by atoms with Gasteiger partial charge in [0, 0.05) is 12.1 Å². The van der Waals surface area contributed by atoms with Gasteiger partial charge >= 0.3 is 0 Å². The summed E-state index contributed by atoms with van der Waals surface area (Å²) in [7, 11) is 0. The molecule has 0 saturated carbocycles. The number of nitrogens with one attached hydrogen (secondary N) is 1. The summed E-state index contributed by atoms with van der Waals surface area (Å²) in [4.78, 5) is 11.9. The average molecular weight is 279 g/mol. The van der Waals surface area contributed by atoms with E-state index in [1.807, 2.05) is 0 Å². The Morgan fingerprint density at radius 2 is 2.15 bits per heavy atom. The fourth-order valence-electron chi connectivity index (χ4n) is 1.81. The van der Waals surface area contributed by atoms with Gasteiger partial charge in [0.2, 0.25) is 0 Å². The van der Waals surface area contributed by atoms with Crippen LogP contribution >= 0.6 is 0 Å². The average Bonchev–Trinajstić information content (AvgIpc) is 2.50. The first-order valence-corrected chi connectivity index (χ1v) is 6.24. The second kappa shape index (κ2) is 6.88.